The highest BCUT2D eigenvalue weighted by Crippen LogP contribution is 2.36. The van der Waals surface area contributed by atoms with Crippen molar-refractivity contribution in [1.82, 2.24) is 14.9 Å². The summed E-state index contributed by atoms with van der Waals surface area (Å²) in [5.41, 5.74) is 2.28. The molecule has 0 unspecified atom stereocenters. The number of nitrogens with zero attached hydrogens (tertiary/aromatic N) is 3. The van der Waals surface area contributed by atoms with Gasteiger partial charge in [0.25, 0.3) is 5.19 Å². The van der Waals surface area contributed by atoms with E-state index in [1.165, 1.54) is 11.3 Å². The number of piperidine rings is 1. The van der Waals surface area contributed by atoms with Crippen LogP contribution in [-0.4, -0.2) is 34.1 Å². The third-order valence-electron chi connectivity index (χ3n) is 5.42. The van der Waals surface area contributed by atoms with Crippen molar-refractivity contribution in [3.63, 3.8) is 0 Å². The number of thiazole rings is 1. The number of ether oxygens (including phenoxy) is 1. The number of benzene rings is 1. The van der Waals surface area contributed by atoms with Crippen LogP contribution in [0.25, 0.3) is 21.3 Å². The van der Waals surface area contributed by atoms with Gasteiger partial charge in [0, 0.05) is 29.8 Å². The topological polar surface area (TPSA) is 51.4 Å². The van der Waals surface area contributed by atoms with Crippen LogP contribution in [0, 0.1) is 5.92 Å². The molecule has 0 saturated carbocycles. The summed E-state index contributed by atoms with van der Waals surface area (Å²) >= 11 is 1.41. The Kier molecular flexibility index (Phi) is 4.86. The van der Waals surface area contributed by atoms with Crippen LogP contribution in [0.15, 0.2) is 47.2 Å². The number of furan rings is 1. The fourth-order valence-corrected chi connectivity index (χ4v) is 4.60. The minimum Gasteiger partial charge on any atom is -0.464 e. The minimum absolute atomic E-state index is 0.147. The Hall–Kier alpha value is -2.65. The number of aromatic nitrogens is 2. The fraction of sp³-hybridized carbons (Fsp3) is 0.333. The van der Waals surface area contributed by atoms with Gasteiger partial charge in [0.05, 0.1) is 16.9 Å². The standard InChI is InChI=1S/C21H18F3N3O2S/c22-21(23,24)14-5-8-27(9-6-14)11-13-12-28-17-10-15(3-4-16(13)17)29-20-26-19-18(30-20)2-1-7-25-19/h1-4,7,10,12,14H,5-6,8-9,11H2. The first kappa shape index (κ1) is 19.3. The molecule has 0 spiro atoms. The highest BCUT2D eigenvalue weighted by molar-refractivity contribution is 7.20. The summed E-state index contributed by atoms with van der Waals surface area (Å²) in [6.45, 7) is 1.44. The fourth-order valence-electron chi connectivity index (χ4n) is 3.80. The molecule has 0 radical (unpaired) electrons. The highest BCUT2D eigenvalue weighted by Gasteiger charge is 2.41. The summed E-state index contributed by atoms with van der Waals surface area (Å²) in [4.78, 5) is 10.6. The molecule has 1 aliphatic heterocycles. The molecule has 1 aliphatic rings. The normalized spacial score (nSPS) is 16.5. The second kappa shape index (κ2) is 7.55. The molecule has 1 fully saturated rings. The Balaban J connectivity index is 1.28. The lowest BCUT2D eigenvalue weighted by Crippen LogP contribution is -2.38. The third kappa shape index (κ3) is 3.87. The first-order chi connectivity index (χ1) is 14.5. The third-order valence-corrected chi connectivity index (χ3v) is 6.31. The van der Waals surface area contributed by atoms with Gasteiger partial charge in [0.15, 0.2) is 5.65 Å². The summed E-state index contributed by atoms with van der Waals surface area (Å²) in [6.07, 6.45) is -0.438. The molecule has 0 N–H and O–H groups in total. The monoisotopic (exact) mass is 433 g/mol. The van der Waals surface area contributed by atoms with Gasteiger partial charge in [-0.05, 0) is 50.2 Å². The molecule has 156 valence electrons. The van der Waals surface area contributed by atoms with E-state index in [4.69, 9.17) is 9.15 Å². The van der Waals surface area contributed by atoms with E-state index in [9.17, 15) is 13.2 Å². The van der Waals surface area contributed by atoms with Crippen LogP contribution in [-0.2, 0) is 6.54 Å². The number of likely N-dealkylation sites (tertiary alicyclic amines) is 1. The Bertz CT molecular complexity index is 1150. The van der Waals surface area contributed by atoms with Gasteiger partial charge in [-0.2, -0.15) is 18.2 Å². The van der Waals surface area contributed by atoms with Gasteiger partial charge in [-0.15, -0.1) is 0 Å². The predicted molar refractivity (Wildman–Crippen MR) is 108 cm³/mol. The van der Waals surface area contributed by atoms with Crippen molar-refractivity contribution in [3.05, 3.63) is 48.4 Å². The largest absolute Gasteiger partial charge is 0.464 e. The van der Waals surface area contributed by atoms with E-state index >= 15 is 0 Å². The van der Waals surface area contributed by atoms with Gasteiger partial charge >= 0.3 is 6.18 Å². The van der Waals surface area contributed by atoms with Gasteiger partial charge in [0.1, 0.15) is 11.3 Å². The van der Waals surface area contributed by atoms with Crippen molar-refractivity contribution in [1.29, 1.82) is 0 Å². The SMILES string of the molecule is FC(F)(F)C1CCN(Cc2coc3cc(Oc4nc5ncccc5s4)ccc23)CC1. The van der Waals surface area contributed by atoms with E-state index in [1.54, 1.807) is 18.5 Å². The van der Waals surface area contributed by atoms with E-state index in [1.807, 2.05) is 29.2 Å². The highest BCUT2D eigenvalue weighted by atomic mass is 32.1. The second-order valence-electron chi connectivity index (χ2n) is 7.42. The average molecular weight is 433 g/mol. The Morgan fingerprint density at radius 1 is 1.20 bits per heavy atom. The molecule has 0 aliphatic carbocycles. The lowest BCUT2D eigenvalue weighted by atomic mass is 9.96. The Morgan fingerprint density at radius 2 is 2.03 bits per heavy atom. The van der Waals surface area contributed by atoms with Crippen LogP contribution in [0.2, 0.25) is 0 Å². The van der Waals surface area contributed by atoms with Crippen LogP contribution in [0.3, 0.4) is 0 Å². The lowest BCUT2D eigenvalue weighted by molar-refractivity contribution is -0.185. The summed E-state index contributed by atoms with van der Waals surface area (Å²) in [5.74, 6) is -0.583. The second-order valence-corrected chi connectivity index (χ2v) is 8.41. The maximum absolute atomic E-state index is 12.9. The first-order valence-electron chi connectivity index (χ1n) is 9.64. The van der Waals surface area contributed by atoms with E-state index in [2.05, 4.69) is 9.97 Å². The summed E-state index contributed by atoms with van der Waals surface area (Å²) in [7, 11) is 0. The maximum atomic E-state index is 12.9. The van der Waals surface area contributed by atoms with Gasteiger partial charge in [-0.25, -0.2) is 4.98 Å². The van der Waals surface area contributed by atoms with E-state index < -0.39 is 12.1 Å². The summed E-state index contributed by atoms with van der Waals surface area (Å²) in [6, 6.07) is 9.35. The Labute approximate surface area is 174 Å². The molecule has 5 nitrogen and oxygen atoms in total. The summed E-state index contributed by atoms with van der Waals surface area (Å²) in [5, 5.41) is 1.44. The van der Waals surface area contributed by atoms with Crippen molar-refractivity contribution in [2.24, 2.45) is 5.92 Å². The molecule has 4 aromatic rings. The molecule has 3 aromatic heterocycles. The van der Waals surface area contributed by atoms with Crippen LogP contribution < -0.4 is 4.74 Å². The molecule has 30 heavy (non-hydrogen) atoms. The average Bonchev–Trinajstić information content (AvgIpc) is 3.31. The van der Waals surface area contributed by atoms with Crippen molar-refractivity contribution in [2.45, 2.75) is 25.6 Å². The van der Waals surface area contributed by atoms with Crippen LogP contribution in [0.4, 0.5) is 13.2 Å². The van der Waals surface area contributed by atoms with Gasteiger partial charge in [0.2, 0.25) is 0 Å². The number of alkyl halides is 3. The zero-order valence-electron chi connectivity index (χ0n) is 15.9. The summed E-state index contributed by atoms with van der Waals surface area (Å²) < 4.78 is 51.1. The van der Waals surface area contributed by atoms with Crippen molar-refractivity contribution in [3.8, 4) is 10.9 Å². The quantitative estimate of drug-likeness (QED) is 0.395. The van der Waals surface area contributed by atoms with Crippen molar-refractivity contribution >= 4 is 32.7 Å². The number of rotatable bonds is 4. The molecule has 9 heteroatoms. The molecule has 0 atom stereocenters. The van der Waals surface area contributed by atoms with E-state index in [0.717, 1.165) is 15.6 Å². The lowest BCUT2D eigenvalue weighted by Gasteiger charge is -2.32. The van der Waals surface area contributed by atoms with Gasteiger partial charge in [-0.3, -0.25) is 4.90 Å². The molecular formula is C21H18F3N3O2S. The van der Waals surface area contributed by atoms with Crippen molar-refractivity contribution in [2.75, 3.05) is 13.1 Å². The van der Waals surface area contributed by atoms with Crippen molar-refractivity contribution < 1.29 is 22.3 Å². The van der Waals surface area contributed by atoms with Crippen LogP contribution in [0.1, 0.15) is 18.4 Å². The van der Waals surface area contributed by atoms with Crippen LogP contribution in [0.5, 0.6) is 10.9 Å². The predicted octanol–water partition coefficient (Wildman–Crippen LogP) is 6.00. The number of halogens is 3. The number of pyridine rings is 1. The first-order valence-corrected chi connectivity index (χ1v) is 10.5. The molecule has 0 amide bonds. The van der Waals surface area contributed by atoms with E-state index in [0.29, 0.717) is 41.8 Å². The molecule has 1 aromatic carbocycles. The number of fused-ring (bicyclic) bond motifs is 2. The number of hydrogen-bond donors (Lipinski definition) is 0. The van der Waals surface area contributed by atoms with E-state index in [-0.39, 0.29) is 12.8 Å². The maximum Gasteiger partial charge on any atom is 0.391 e. The smallest absolute Gasteiger partial charge is 0.391 e. The molecule has 0 bridgehead atoms. The van der Waals surface area contributed by atoms with Gasteiger partial charge < -0.3 is 9.15 Å². The van der Waals surface area contributed by atoms with Gasteiger partial charge in [-0.1, -0.05) is 11.3 Å². The Morgan fingerprint density at radius 3 is 2.80 bits per heavy atom. The molecule has 5 rings (SSSR count). The zero-order chi connectivity index (χ0) is 20.7. The molecule has 1 saturated heterocycles. The zero-order valence-corrected chi connectivity index (χ0v) is 16.7. The number of hydrogen-bond acceptors (Lipinski definition) is 6. The molecule has 4 heterocycles. The van der Waals surface area contributed by atoms with Crippen LogP contribution >= 0.6 is 11.3 Å². The minimum atomic E-state index is -4.09. The molecular weight excluding hydrogens is 415 g/mol.